The number of likely N-dealkylation sites (tertiary alicyclic amines) is 1. The number of fused-ring (bicyclic) bond motifs is 4. The first kappa shape index (κ1) is 25.3. The number of rotatable bonds is 6. The lowest BCUT2D eigenvalue weighted by molar-refractivity contribution is -0.115. The molecule has 0 aliphatic carbocycles. The largest absolute Gasteiger partial charge is 0.497 e. The van der Waals surface area contributed by atoms with Gasteiger partial charge in [0.2, 0.25) is 5.91 Å². The van der Waals surface area contributed by atoms with E-state index in [0.717, 1.165) is 17.7 Å². The summed E-state index contributed by atoms with van der Waals surface area (Å²) in [5, 5.41) is 5.68. The molecule has 2 aromatic carbocycles. The van der Waals surface area contributed by atoms with Crippen molar-refractivity contribution in [3.63, 3.8) is 0 Å². The van der Waals surface area contributed by atoms with E-state index in [0.29, 0.717) is 36.6 Å². The van der Waals surface area contributed by atoms with E-state index in [9.17, 15) is 19.2 Å². The Bertz CT molecular complexity index is 1430. The summed E-state index contributed by atoms with van der Waals surface area (Å²) in [5.74, 6) is 0.593. The van der Waals surface area contributed by atoms with E-state index in [2.05, 4.69) is 10.6 Å². The number of amides is 3. The number of ketones is 1. The number of urea groups is 1. The molecular formula is C29H30N4O5. The van der Waals surface area contributed by atoms with Gasteiger partial charge in [-0.15, -0.1) is 0 Å². The molecule has 9 heteroatoms. The molecule has 0 radical (unpaired) electrons. The molecule has 0 spiro atoms. The number of pyridine rings is 1. The number of nitrogens with zero attached hydrogens (tertiary/aromatic N) is 2. The van der Waals surface area contributed by atoms with E-state index in [1.54, 1.807) is 59.0 Å². The van der Waals surface area contributed by atoms with Crippen LogP contribution < -0.4 is 20.9 Å². The number of hydrogen-bond acceptors (Lipinski definition) is 5. The molecule has 1 fully saturated rings. The van der Waals surface area contributed by atoms with Crippen molar-refractivity contribution in [3.05, 3.63) is 87.8 Å². The van der Waals surface area contributed by atoms with Gasteiger partial charge in [0.05, 0.1) is 13.5 Å². The first-order chi connectivity index (χ1) is 18.3. The number of carbonyl (C=O) groups is 3. The topological polar surface area (TPSA) is 110 Å². The lowest BCUT2D eigenvalue weighted by Crippen LogP contribution is -2.50. The quantitative estimate of drug-likeness (QED) is 0.485. The Kier molecular flexibility index (Phi) is 7.00. The van der Waals surface area contributed by atoms with Crippen molar-refractivity contribution in [2.45, 2.75) is 32.2 Å². The molecule has 2 aliphatic rings. The fourth-order valence-corrected chi connectivity index (χ4v) is 5.32. The highest BCUT2D eigenvalue weighted by Gasteiger charge is 2.36. The molecule has 1 aromatic heterocycles. The monoisotopic (exact) mass is 514 g/mol. The number of Topliss-reactive ketones (excluding diaryl/α,β-unsaturated/α-hetero) is 1. The minimum atomic E-state index is -0.261. The normalized spacial score (nSPS) is 17.8. The van der Waals surface area contributed by atoms with Crippen LogP contribution in [0.25, 0.3) is 0 Å². The molecule has 3 aromatic rings. The third-order valence-corrected chi connectivity index (χ3v) is 7.23. The number of nitrogens with one attached hydrogen (secondary N) is 2. The number of ether oxygens (including phenoxy) is 1. The molecule has 2 bridgehead atoms. The smallest absolute Gasteiger partial charge is 0.321 e. The summed E-state index contributed by atoms with van der Waals surface area (Å²) in [6, 6.07) is 17.4. The molecule has 9 nitrogen and oxygen atoms in total. The Morgan fingerprint density at radius 1 is 0.921 bits per heavy atom. The second-order valence-electron chi connectivity index (χ2n) is 9.93. The zero-order chi connectivity index (χ0) is 26.8. The molecule has 0 saturated carbocycles. The van der Waals surface area contributed by atoms with Gasteiger partial charge in [0, 0.05) is 42.5 Å². The molecular weight excluding hydrogens is 484 g/mol. The third kappa shape index (κ3) is 5.32. The molecule has 5 rings (SSSR count). The lowest BCUT2D eigenvalue weighted by atomic mass is 9.83. The molecule has 1 saturated heterocycles. The summed E-state index contributed by atoms with van der Waals surface area (Å²) < 4.78 is 6.89. The van der Waals surface area contributed by atoms with Gasteiger partial charge in [-0.3, -0.25) is 14.4 Å². The predicted octanol–water partition coefficient (Wildman–Crippen LogP) is 3.89. The van der Waals surface area contributed by atoms with Crippen LogP contribution in [0.4, 0.5) is 16.2 Å². The van der Waals surface area contributed by atoms with Crippen molar-refractivity contribution in [2.75, 3.05) is 30.8 Å². The molecule has 0 unspecified atom stereocenters. The summed E-state index contributed by atoms with van der Waals surface area (Å²) >= 11 is 0. The Balaban J connectivity index is 1.25. The summed E-state index contributed by atoms with van der Waals surface area (Å²) in [7, 11) is 1.59. The highest BCUT2D eigenvalue weighted by Crippen LogP contribution is 2.35. The average molecular weight is 515 g/mol. The van der Waals surface area contributed by atoms with Gasteiger partial charge in [-0.25, -0.2) is 4.79 Å². The second-order valence-corrected chi connectivity index (χ2v) is 9.93. The predicted molar refractivity (Wildman–Crippen MR) is 144 cm³/mol. The van der Waals surface area contributed by atoms with Gasteiger partial charge < -0.3 is 24.8 Å². The Morgan fingerprint density at radius 2 is 1.66 bits per heavy atom. The number of hydrogen-bond donors (Lipinski definition) is 2. The summed E-state index contributed by atoms with van der Waals surface area (Å²) in [4.78, 5) is 52.1. The molecule has 38 heavy (non-hydrogen) atoms. The molecule has 2 N–H and O–H groups in total. The summed E-state index contributed by atoms with van der Waals surface area (Å²) in [5.41, 5.74) is 2.96. The fraction of sp³-hybridized carbons (Fsp3) is 0.310. The van der Waals surface area contributed by atoms with Crippen LogP contribution in [-0.4, -0.2) is 47.4 Å². The van der Waals surface area contributed by atoms with Gasteiger partial charge in [0.15, 0.2) is 5.78 Å². The summed E-state index contributed by atoms with van der Waals surface area (Å²) in [6.07, 6.45) is 1.05. The molecule has 2 aliphatic heterocycles. The molecule has 3 heterocycles. The van der Waals surface area contributed by atoms with Crippen molar-refractivity contribution < 1.29 is 19.1 Å². The van der Waals surface area contributed by atoms with Gasteiger partial charge in [0.1, 0.15) is 11.4 Å². The van der Waals surface area contributed by atoms with Crippen molar-refractivity contribution in [3.8, 4) is 5.75 Å². The maximum absolute atomic E-state index is 13.3. The van der Waals surface area contributed by atoms with Crippen LogP contribution in [0.5, 0.6) is 5.75 Å². The van der Waals surface area contributed by atoms with Crippen LogP contribution in [0.3, 0.4) is 0 Å². The highest BCUT2D eigenvalue weighted by molar-refractivity contribution is 5.95. The zero-order valence-electron chi connectivity index (χ0n) is 21.4. The molecule has 2 atom stereocenters. The van der Waals surface area contributed by atoms with Crippen molar-refractivity contribution >= 4 is 29.1 Å². The average Bonchev–Trinajstić information content (AvgIpc) is 2.91. The third-order valence-electron chi connectivity index (χ3n) is 7.23. The van der Waals surface area contributed by atoms with Crippen molar-refractivity contribution in [2.24, 2.45) is 5.92 Å². The first-order valence-corrected chi connectivity index (χ1v) is 12.6. The van der Waals surface area contributed by atoms with Gasteiger partial charge in [0.25, 0.3) is 5.56 Å². The fourth-order valence-electron chi connectivity index (χ4n) is 5.32. The van der Waals surface area contributed by atoms with Crippen LogP contribution in [0.1, 0.15) is 40.9 Å². The minimum Gasteiger partial charge on any atom is -0.497 e. The zero-order valence-corrected chi connectivity index (χ0v) is 21.4. The molecule has 3 amide bonds. The maximum Gasteiger partial charge on any atom is 0.321 e. The Hall–Kier alpha value is -4.40. The van der Waals surface area contributed by atoms with Crippen LogP contribution in [0.2, 0.25) is 0 Å². The number of benzene rings is 2. The number of piperidine rings is 1. The van der Waals surface area contributed by atoms with E-state index < -0.39 is 0 Å². The van der Waals surface area contributed by atoms with E-state index in [1.165, 1.54) is 6.92 Å². The number of carbonyl (C=O) groups excluding carboxylic acids is 3. The van der Waals surface area contributed by atoms with Gasteiger partial charge >= 0.3 is 6.03 Å². The van der Waals surface area contributed by atoms with E-state index in [-0.39, 0.29) is 47.2 Å². The standard InChI is InChI=1S/C29H30N4O5/c1-18(34)21-5-7-23(8-6-21)30-29(37)32-15-20-13-22(17-32)26-12-11-25(28(36)33(26)16-20)31-27(35)14-19-3-9-24(38-2)10-4-19/h3-12,20,22H,13-17H2,1-2H3,(H,30,37)(H,31,35)/t20-,22+/m0/s1. The Labute approximate surface area is 220 Å². The lowest BCUT2D eigenvalue weighted by Gasteiger charge is -2.42. The van der Waals surface area contributed by atoms with Gasteiger partial charge in [-0.1, -0.05) is 12.1 Å². The maximum atomic E-state index is 13.3. The number of aromatic nitrogens is 1. The van der Waals surface area contributed by atoms with E-state index in [4.69, 9.17) is 4.74 Å². The van der Waals surface area contributed by atoms with Crippen LogP contribution >= 0.6 is 0 Å². The first-order valence-electron chi connectivity index (χ1n) is 12.6. The van der Waals surface area contributed by atoms with Crippen molar-refractivity contribution in [1.29, 1.82) is 0 Å². The Morgan fingerprint density at radius 3 is 2.34 bits per heavy atom. The van der Waals surface area contributed by atoms with Gasteiger partial charge in [-0.05, 0) is 73.4 Å². The SMILES string of the molecule is COc1ccc(CC(=O)Nc2ccc3n(c2=O)C[C@H]2C[C@@H]3CN(C(=O)Nc3ccc(C(C)=O)cc3)C2)cc1. The van der Waals surface area contributed by atoms with Crippen LogP contribution in [0, 0.1) is 5.92 Å². The van der Waals surface area contributed by atoms with E-state index in [1.807, 2.05) is 18.2 Å². The molecule has 196 valence electrons. The highest BCUT2D eigenvalue weighted by atomic mass is 16.5. The second kappa shape index (κ2) is 10.5. The van der Waals surface area contributed by atoms with Crippen LogP contribution in [-0.2, 0) is 17.8 Å². The number of methoxy groups -OCH3 is 1. The van der Waals surface area contributed by atoms with Gasteiger partial charge in [-0.2, -0.15) is 0 Å². The number of anilines is 2. The minimum absolute atomic E-state index is 0.0272. The van der Waals surface area contributed by atoms with Crippen molar-refractivity contribution in [1.82, 2.24) is 9.47 Å². The van der Waals surface area contributed by atoms with E-state index >= 15 is 0 Å². The summed E-state index contributed by atoms with van der Waals surface area (Å²) in [6.45, 7) is 3.02. The van der Waals surface area contributed by atoms with Crippen LogP contribution in [0.15, 0.2) is 65.5 Å².